The van der Waals surface area contributed by atoms with Gasteiger partial charge in [0.15, 0.2) is 11.6 Å². The summed E-state index contributed by atoms with van der Waals surface area (Å²) in [5.41, 5.74) is 20.6. The molecule has 2 saturated heterocycles. The molecule has 2 aliphatic rings. The third-order valence-electron chi connectivity index (χ3n) is 11.8. The van der Waals surface area contributed by atoms with Gasteiger partial charge in [-0.05, 0) is 97.1 Å². The van der Waals surface area contributed by atoms with Gasteiger partial charge in [-0.1, -0.05) is 25.3 Å². The fourth-order valence-electron chi connectivity index (χ4n) is 8.90. The fraction of sp³-hybridized carbons (Fsp3) is 0.261. The van der Waals surface area contributed by atoms with Crippen LogP contribution in [0, 0.1) is 13.8 Å². The maximum absolute atomic E-state index is 12.1. The molecule has 2 aromatic carbocycles. The van der Waals surface area contributed by atoms with E-state index in [0.717, 1.165) is 98.9 Å². The Morgan fingerprint density at radius 2 is 1.10 bits per heavy atom. The zero-order valence-electron chi connectivity index (χ0n) is 34.9. The Balaban J connectivity index is 0.000000158. The summed E-state index contributed by atoms with van der Waals surface area (Å²) in [6, 6.07) is 17.1. The summed E-state index contributed by atoms with van der Waals surface area (Å²) < 4.78 is 17.2. The number of rotatable bonds is 8. The van der Waals surface area contributed by atoms with E-state index in [1.165, 1.54) is 24.8 Å². The van der Waals surface area contributed by atoms with Crippen molar-refractivity contribution in [2.24, 2.45) is 0 Å². The van der Waals surface area contributed by atoms with Crippen molar-refractivity contribution in [2.45, 2.75) is 38.5 Å². The minimum Gasteiger partial charge on any atom is -0.495 e. The molecular weight excluding hydrogens is 821 g/mol. The number of fused-ring (bicyclic) bond motifs is 4. The molecule has 316 valence electrons. The second-order valence-corrected chi connectivity index (χ2v) is 17.8. The lowest BCUT2D eigenvalue weighted by molar-refractivity contribution is -0.125. The highest BCUT2D eigenvalue weighted by Gasteiger charge is 2.32. The van der Waals surface area contributed by atoms with Gasteiger partial charge in [-0.2, -0.15) is 10.2 Å². The number of nitrogen functional groups attached to an aromatic ring is 2. The molecule has 0 spiro atoms. The van der Waals surface area contributed by atoms with Crippen molar-refractivity contribution in [2.75, 3.05) is 51.9 Å². The Bertz CT molecular complexity index is 2880. The number of ether oxygens (including phenoxy) is 2. The van der Waals surface area contributed by atoms with E-state index in [4.69, 9.17) is 20.9 Å². The smallest absolute Gasteiger partial charge is 0.245 e. The van der Waals surface area contributed by atoms with Crippen LogP contribution >= 0.6 is 22.7 Å². The zero-order chi connectivity index (χ0) is 43.4. The Kier molecular flexibility index (Phi) is 10.6. The number of amides is 2. The van der Waals surface area contributed by atoms with Crippen molar-refractivity contribution in [3.05, 3.63) is 109 Å². The number of methoxy groups -OCH3 is 2. The first-order valence-electron chi connectivity index (χ1n) is 20.2. The molecule has 6 aromatic heterocycles. The second kappa shape index (κ2) is 16.2. The molecule has 16 heteroatoms. The first-order chi connectivity index (χ1) is 30.0. The summed E-state index contributed by atoms with van der Waals surface area (Å²) in [6.07, 6.45) is 7.44. The lowest BCUT2D eigenvalue weighted by Gasteiger charge is -2.14. The van der Waals surface area contributed by atoms with Crippen molar-refractivity contribution < 1.29 is 19.1 Å². The van der Waals surface area contributed by atoms with Crippen molar-refractivity contribution >= 4 is 77.3 Å². The monoisotopic (exact) mass is 866 g/mol. The number of nitrogens with zero attached hydrogens (tertiary/aromatic N) is 8. The highest BCUT2D eigenvalue weighted by molar-refractivity contribution is 7.23. The van der Waals surface area contributed by atoms with Crippen LogP contribution < -0.4 is 20.9 Å². The minimum atomic E-state index is -0.0373. The van der Waals surface area contributed by atoms with E-state index in [1.807, 2.05) is 31.0 Å². The van der Waals surface area contributed by atoms with Crippen LogP contribution in [0.1, 0.15) is 47.2 Å². The number of aromatic nitrogens is 6. The number of likely N-dealkylation sites (tertiary alicyclic amines) is 2. The summed E-state index contributed by atoms with van der Waals surface area (Å²) in [6.45, 7) is 14.0. The number of benzene rings is 2. The predicted octanol–water partition coefficient (Wildman–Crippen LogP) is 8.02. The largest absolute Gasteiger partial charge is 0.495 e. The van der Waals surface area contributed by atoms with Gasteiger partial charge in [-0.15, -0.1) is 22.7 Å². The highest BCUT2D eigenvalue weighted by Crippen LogP contribution is 2.45. The van der Waals surface area contributed by atoms with E-state index in [2.05, 4.69) is 83.6 Å². The number of hydrogen-bond donors (Lipinski definition) is 2. The van der Waals surface area contributed by atoms with Gasteiger partial charge in [-0.25, -0.2) is 19.0 Å². The molecule has 0 radical (unpaired) electrons. The van der Waals surface area contributed by atoms with Crippen LogP contribution in [0.5, 0.6) is 11.5 Å². The standard InChI is InChI=1S/2C23H23N5O2S/c2*1-4-20(29)27-6-5-14(11-27)17-10-16(21-23(24)25-12-26-28(17)21)19-9-15-7-13(2)8-18(30-3)22(15)31-19/h2*4,7-10,12,14H,1,5-6,11H2,2-3H3,(H2,24,25,26)/t2*14-/m10/s1. The Morgan fingerprint density at radius 1 is 0.677 bits per heavy atom. The lowest BCUT2D eigenvalue weighted by atomic mass is 10.0. The Labute approximate surface area is 365 Å². The van der Waals surface area contributed by atoms with Crippen LogP contribution in [-0.4, -0.2) is 91.2 Å². The van der Waals surface area contributed by atoms with Crippen LogP contribution in [-0.2, 0) is 9.59 Å². The normalized spacial score (nSPS) is 16.3. The highest BCUT2D eigenvalue weighted by atomic mass is 32.1. The van der Waals surface area contributed by atoms with Crippen LogP contribution in [0.2, 0.25) is 0 Å². The van der Waals surface area contributed by atoms with Gasteiger partial charge < -0.3 is 30.7 Å². The predicted molar refractivity (Wildman–Crippen MR) is 247 cm³/mol. The van der Waals surface area contributed by atoms with Gasteiger partial charge in [0.25, 0.3) is 0 Å². The number of anilines is 2. The number of aryl methyl sites for hydroxylation is 2. The van der Waals surface area contributed by atoms with Crippen molar-refractivity contribution in [1.82, 2.24) is 39.0 Å². The molecule has 4 N–H and O–H groups in total. The average Bonchev–Trinajstić information content (AvgIpc) is 4.13. The van der Waals surface area contributed by atoms with E-state index in [-0.39, 0.29) is 23.7 Å². The number of carbonyl (C=O) groups is 2. The number of nitrogens with two attached hydrogens (primary N) is 2. The van der Waals surface area contributed by atoms with Gasteiger partial charge in [0.2, 0.25) is 11.8 Å². The van der Waals surface area contributed by atoms with E-state index < -0.39 is 0 Å². The third kappa shape index (κ3) is 7.08. The molecule has 8 heterocycles. The van der Waals surface area contributed by atoms with Gasteiger partial charge >= 0.3 is 0 Å². The average molecular weight is 867 g/mol. The lowest BCUT2D eigenvalue weighted by Crippen LogP contribution is -2.26. The number of hydrogen-bond acceptors (Lipinski definition) is 12. The van der Waals surface area contributed by atoms with Crippen LogP contribution in [0.25, 0.3) is 52.1 Å². The topological polar surface area (TPSA) is 171 Å². The fourth-order valence-corrected chi connectivity index (χ4v) is 11.2. The second-order valence-electron chi connectivity index (χ2n) is 15.7. The summed E-state index contributed by atoms with van der Waals surface area (Å²) in [7, 11) is 3.39. The molecular formula is C46H46N10O4S2. The molecule has 0 unspecified atom stereocenters. The van der Waals surface area contributed by atoms with E-state index in [1.54, 1.807) is 36.9 Å². The maximum atomic E-state index is 12.1. The molecule has 2 amide bonds. The molecule has 2 atom stereocenters. The van der Waals surface area contributed by atoms with Crippen molar-refractivity contribution in [3.8, 4) is 32.4 Å². The summed E-state index contributed by atoms with van der Waals surface area (Å²) in [4.78, 5) is 38.4. The van der Waals surface area contributed by atoms with Crippen molar-refractivity contribution in [3.63, 3.8) is 0 Å². The maximum Gasteiger partial charge on any atom is 0.245 e. The number of thiophene rings is 2. The first-order valence-corrected chi connectivity index (χ1v) is 21.9. The Morgan fingerprint density at radius 3 is 1.48 bits per heavy atom. The van der Waals surface area contributed by atoms with Gasteiger partial charge in [0, 0.05) is 70.3 Å². The molecule has 0 saturated carbocycles. The van der Waals surface area contributed by atoms with E-state index in [9.17, 15) is 9.59 Å². The van der Waals surface area contributed by atoms with Crippen LogP contribution in [0.4, 0.5) is 11.6 Å². The molecule has 8 aromatic rings. The zero-order valence-corrected chi connectivity index (χ0v) is 36.6. The SMILES string of the molecule is C=CC(=O)N1CC[C@@H](c2cc(-c3cc4cc(C)cc(OC)c4s3)c3c(N)ncnn23)C1.C=CC(=O)N1CC[C@H](c2cc(-c3cc4cc(C)cc(OC)c4s3)c3c(N)ncnn23)C1. The molecule has 0 aliphatic carbocycles. The molecule has 0 bridgehead atoms. The van der Waals surface area contributed by atoms with E-state index in [0.29, 0.717) is 37.8 Å². The molecule has 2 fully saturated rings. The molecule has 10 rings (SSSR count). The van der Waals surface area contributed by atoms with Gasteiger partial charge in [-0.3, -0.25) is 9.59 Å². The van der Waals surface area contributed by atoms with Crippen LogP contribution in [0.3, 0.4) is 0 Å². The van der Waals surface area contributed by atoms with Gasteiger partial charge in [0.1, 0.15) is 35.2 Å². The summed E-state index contributed by atoms with van der Waals surface area (Å²) in [5, 5.41) is 11.3. The first kappa shape index (κ1) is 40.6. The van der Waals surface area contributed by atoms with E-state index >= 15 is 0 Å². The van der Waals surface area contributed by atoms with Gasteiger partial charge in [0.05, 0.1) is 23.6 Å². The quantitative estimate of drug-likeness (QED) is 0.143. The summed E-state index contributed by atoms with van der Waals surface area (Å²) in [5.74, 6) is 2.88. The molecule has 62 heavy (non-hydrogen) atoms. The minimum absolute atomic E-state index is 0.0373. The van der Waals surface area contributed by atoms with Crippen molar-refractivity contribution in [1.29, 1.82) is 0 Å². The molecule has 2 aliphatic heterocycles. The third-order valence-corrected chi connectivity index (χ3v) is 14.2. The van der Waals surface area contributed by atoms with Crippen LogP contribution in [0.15, 0.2) is 86.5 Å². The Hall–Kier alpha value is -6.78. The summed E-state index contributed by atoms with van der Waals surface area (Å²) >= 11 is 3.34. The number of carbonyl (C=O) groups excluding carboxylic acids is 2. The molecule has 14 nitrogen and oxygen atoms in total.